The highest BCUT2D eigenvalue weighted by atomic mass is 127. The summed E-state index contributed by atoms with van der Waals surface area (Å²) in [6.07, 6.45) is 1.56. The molecule has 0 spiro atoms. The second-order valence-electron chi connectivity index (χ2n) is 7.41. The number of thiazole rings is 1. The second kappa shape index (κ2) is 12.4. The van der Waals surface area contributed by atoms with Gasteiger partial charge in [-0.25, -0.2) is 14.8 Å². The van der Waals surface area contributed by atoms with Crippen LogP contribution in [0.5, 0.6) is 0 Å². The van der Waals surface area contributed by atoms with Crippen LogP contribution in [0.1, 0.15) is 44.5 Å². The predicted molar refractivity (Wildman–Crippen MR) is 123 cm³/mol. The van der Waals surface area contributed by atoms with Gasteiger partial charge in [0.2, 0.25) is 0 Å². The van der Waals surface area contributed by atoms with Gasteiger partial charge in [0.05, 0.1) is 6.54 Å². The van der Waals surface area contributed by atoms with Crippen LogP contribution >= 0.6 is 35.3 Å². The number of aromatic nitrogens is 1. The predicted octanol–water partition coefficient (Wildman–Crippen LogP) is 3.63. The van der Waals surface area contributed by atoms with Crippen LogP contribution in [0.15, 0.2) is 11.2 Å². The molecule has 0 saturated heterocycles. The SMILES string of the molecule is CCNC(=NCc1ncc(C)s1)NCC(C)CN(C)C(=O)OC(C)(C)C.I. The number of aliphatic imine (C=N–C) groups is 1. The van der Waals surface area contributed by atoms with E-state index in [2.05, 4.69) is 27.5 Å². The van der Waals surface area contributed by atoms with E-state index in [0.717, 1.165) is 17.5 Å². The Morgan fingerprint density at radius 1 is 1.41 bits per heavy atom. The Kier molecular flexibility index (Phi) is 11.9. The summed E-state index contributed by atoms with van der Waals surface area (Å²) in [6, 6.07) is 0. The zero-order valence-electron chi connectivity index (χ0n) is 17.5. The lowest BCUT2D eigenvalue weighted by Gasteiger charge is -2.26. The average Bonchev–Trinajstić information content (AvgIpc) is 2.94. The van der Waals surface area contributed by atoms with E-state index >= 15 is 0 Å². The van der Waals surface area contributed by atoms with E-state index in [1.54, 1.807) is 23.3 Å². The van der Waals surface area contributed by atoms with Crippen molar-refractivity contribution in [3.05, 3.63) is 16.1 Å². The third kappa shape index (κ3) is 11.4. The van der Waals surface area contributed by atoms with E-state index in [1.807, 2.05) is 40.8 Å². The molecule has 0 aliphatic heterocycles. The third-order valence-corrected chi connectivity index (χ3v) is 4.19. The van der Waals surface area contributed by atoms with Crippen LogP contribution in [0.4, 0.5) is 4.79 Å². The highest BCUT2D eigenvalue weighted by Gasteiger charge is 2.20. The molecule has 1 amide bonds. The Hall–Kier alpha value is -1.10. The molecule has 0 aromatic carbocycles. The van der Waals surface area contributed by atoms with Gasteiger partial charge < -0.3 is 20.3 Å². The molecule has 0 saturated carbocycles. The molecular formula is C18H34IN5O2S. The number of hydrogen-bond donors (Lipinski definition) is 2. The van der Waals surface area contributed by atoms with Crippen molar-refractivity contribution >= 4 is 47.4 Å². The summed E-state index contributed by atoms with van der Waals surface area (Å²) in [5.41, 5.74) is -0.480. The molecule has 0 radical (unpaired) electrons. The van der Waals surface area contributed by atoms with Crippen molar-refractivity contribution in [2.24, 2.45) is 10.9 Å². The van der Waals surface area contributed by atoms with Crippen LogP contribution in [0, 0.1) is 12.8 Å². The summed E-state index contributed by atoms with van der Waals surface area (Å²) in [4.78, 5) is 23.7. The number of nitrogens with one attached hydrogen (secondary N) is 2. The van der Waals surface area contributed by atoms with Crippen LogP contribution in [-0.2, 0) is 11.3 Å². The van der Waals surface area contributed by atoms with Gasteiger partial charge in [0, 0.05) is 37.8 Å². The van der Waals surface area contributed by atoms with Gasteiger partial charge in [0.15, 0.2) is 5.96 Å². The van der Waals surface area contributed by atoms with Crippen molar-refractivity contribution in [2.75, 3.05) is 26.7 Å². The maximum Gasteiger partial charge on any atom is 0.410 e. The first-order valence-corrected chi connectivity index (χ1v) is 9.80. The lowest BCUT2D eigenvalue weighted by atomic mass is 10.1. The van der Waals surface area contributed by atoms with Crippen LogP contribution in [-0.4, -0.2) is 54.2 Å². The molecule has 0 aliphatic rings. The molecule has 156 valence electrons. The number of guanidine groups is 1. The van der Waals surface area contributed by atoms with Crippen LogP contribution in [0.25, 0.3) is 0 Å². The minimum atomic E-state index is -0.480. The molecule has 0 aliphatic carbocycles. The molecule has 0 bridgehead atoms. The standard InChI is InChI=1S/C18H33N5O2S.HI/c1-8-19-16(22-11-15-20-10-14(3)26-15)21-9-13(2)12-23(7)17(24)25-18(4,5)6;/h10,13H,8-9,11-12H2,1-7H3,(H2,19,21,22);1H. The molecule has 1 atom stereocenters. The van der Waals surface area contributed by atoms with Gasteiger partial charge in [-0.1, -0.05) is 6.92 Å². The van der Waals surface area contributed by atoms with Gasteiger partial charge in [0.1, 0.15) is 10.6 Å². The Morgan fingerprint density at radius 2 is 2.07 bits per heavy atom. The summed E-state index contributed by atoms with van der Waals surface area (Å²) in [5.74, 6) is 1.01. The molecule has 7 nitrogen and oxygen atoms in total. The molecule has 27 heavy (non-hydrogen) atoms. The third-order valence-electron chi connectivity index (χ3n) is 3.29. The fourth-order valence-electron chi connectivity index (χ4n) is 2.18. The van der Waals surface area contributed by atoms with Crippen molar-refractivity contribution in [1.82, 2.24) is 20.5 Å². The first-order valence-electron chi connectivity index (χ1n) is 8.98. The summed E-state index contributed by atoms with van der Waals surface area (Å²) in [7, 11) is 1.76. The molecule has 1 aromatic heterocycles. The van der Waals surface area contributed by atoms with E-state index in [4.69, 9.17) is 4.74 Å². The molecular weight excluding hydrogens is 477 g/mol. The van der Waals surface area contributed by atoms with Gasteiger partial charge in [0.25, 0.3) is 0 Å². The molecule has 1 heterocycles. The van der Waals surface area contributed by atoms with E-state index in [1.165, 1.54) is 4.88 Å². The van der Waals surface area contributed by atoms with E-state index in [-0.39, 0.29) is 36.0 Å². The topological polar surface area (TPSA) is 78.9 Å². The number of nitrogens with zero attached hydrogens (tertiary/aromatic N) is 3. The maximum atomic E-state index is 12.0. The number of halogens is 1. The number of aryl methyl sites for hydroxylation is 1. The zero-order chi connectivity index (χ0) is 19.7. The van der Waals surface area contributed by atoms with E-state index in [9.17, 15) is 4.79 Å². The van der Waals surface area contributed by atoms with E-state index < -0.39 is 5.60 Å². The number of carbonyl (C=O) groups excluding carboxylic acids is 1. The van der Waals surface area contributed by atoms with Crippen molar-refractivity contribution < 1.29 is 9.53 Å². The quantitative estimate of drug-likeness (QED) is 0.332. The van der Waals surface area contributed by atoms with Gasteiger partial charge in [-0.3, -0.25) is 0 Å². The molecule has 1 aromatic rings. The summed E-state index contributed by atoms with van der Waals surface area (Å²) in [5, 5.41) is 7.56. The highest BCUT2D eigenvalue weighted by molar-refractivity contribution is 14.0. The number of ether oxygens (including phenoxy) is 1. The van der Waals surface area contributed by atoms with Crippen molar-refractivity contribution in [3.8, 4) is 0 Å². The number of carbonyl (C=O) groups is 1. The van der Waals surface area contributed by atoms with Gasteiger partial charge in [-0.15, -0.1) is 35.3 Å². The Labute approximate surface area is 184 Å². The molecule has 1 rings (SSSR count). The Bertz CT molecular complexity index is 601. The maximum absolute atomic E-state index is 12.0. The first-order chi connectivity index (χ1) is 12.1. The fraction of sp³-hybridized carbons (Fsp3) is 0.722. The monoisotopic (exact) mass is 511 g/mol. The first kappa shape index (κ1) is 25.9. The molecule has 2 N–H and O–H groups in total. The molecule has 1 unspecified atom stereocenters. The molecule has 9 heteroatoms. The van der Waals surface area contributed by atoms with Crippen LogP contribution in [0.2, 0.25) is 0 Å². The lowest BCUT2D eigenvalue weighted by Crippen LogP contribution is -2.42. The zero-order valence-corrected chi connectivity index (χ0v) is 20.6. The number of rotatable bonds is 7. The normalized spacial score (nSPS) is 12.8. The van der Waals surface area contributed by atoms with Gasteiger partial charge in [-0.05, 0) is 40.5 Å². The Morgan fingerprint density at radius 3 is 2.59 bits per heavy atom. The number of amides is 1. The smallest absolute Gasteiger partial charge is 0.410 e. The number of hydrogen-bond acceptors (Lipinski definition) is 5. The van der Waals surface area contributed by atoms with E-state index in [0.29, 0.717) is 19.6 Å². The van der Waals surface area contributed by atoms with Crippen LogP contribution < -0.4 is 10.6 Å². The van der Waals surface area contributed by atoms with Crippen molar-refractivity contribution in [3.63, 3.8) is 0 Å². The fourth-order valence-corrected chi connectivity index (χ4v) is 2.89. The Balaban J connectivity index is 0.00000676. The minimum absolute atomic E-state index is 0. The van der Waals surface area contributed by atoms with Gasteiger partial charge >= 0.3 is 6.09 Å². The summed E-state index contributed by atoms with van der Waals surface area (Å²) in [6.45, 7) is 14.4. The van der Waals surface area contributed by atoms with Crippen LogP contribution in [0.3, 0.4) is 0 Å². The van der Waals surface area contributed by atoms with Crippen molar-refractivity contribution in [1.29, 1.82) is 0 Å². The minimum Gasteiger partial charge on any atom is -0.444 e. The summed E-state index contributed by atoms with van der Waals surface area (Å²) >= 11 is 1.66. The van der Waals surface area contributed by atoms with Crippen molar-refractivity contribution in [2.45, 2.75) is 53.7 Å². The summed E-state index contributed by atoms with van der Waals surface area (Å²) < 4.78 is 5.38. The van der Waals surface area contributed by atoms with Gasteiger partial charge in [-0.2, -0.15) is 0 Å². The largest absolute Gasteiger partial charge is 0.444 e. The lowest BCUT2D eigenvalue weighted by molar-refractivity contribution is 0.0278. The molecule has 0 fully saturated rings. The highest BCUT2D eigenvalue weighted by Crippen LogP contribution is 2.12. The second-order valence-corrected chi connectivity index (χ2v) is 8.73. The average molecular weight is 511 g/mol.